The van der Waals surface area contributed by atoms with Crippen molar-refractivity contribution in [3.8, 4) is 11.5 Å². The number of methoxy groups -OCH3 is 2. The highest BCUT2D eigenvalue weighted by Crippen LogP contribution is 2.37. The number of halogens is 1. The van der Waals surface area contributed by atoms with Crippen molar-refractivity contribution >= 4 is 27.7 Å². The summed E-state index contributed by atoms with van der Waals surface area (Å²) in [5.41, 5.74) is 0.417. The highest BCUT2D eigenvalue weighted by Gasteiger charge is 2.18. The molecule has 0 aliphatic rings. The second-order valence-corrected chi connectivity index (χ2v) is 4.63. The quantitative estimate of drug-likeness (QED) is 0.778. The molecule has 104 valence electrons. The Hall–Kier alpha value is -1.56. The first-order valence-corrected chi connectivity index (χ1v) is 6.46. The van der Waals surface area contributed by atoms with Crippen molar-refractivity contribution in [2.75, 3.05) is 14.2 Å². The molecule has 0 spiro atoms. The van der Waals surface area contributed by atoms with E-state index in [1.54, 1.807) is 12.1 Å². The van der Waals surface area contributed by atoms with Crippen molar-refractivity contribution in [1.29, 1.82) is 0 Å². The van der Waals surface area contributed by atoms with E-state index in [2.05, 4.69) is 15.9 Å². The Bertz CT molecular complexity index is 484. The van der Waals surface area contributed by atoms with E-state index < -0.39 is 5.97 Å². The van der Waals surface area contributed by atoms with Crippen LogP contribution < -0.4 is 9.47 Å². The minimum Gasteiger partial charge on any atom is -0.495 e. The number of Topliss-reactive ketones (excluding diaryl/α,β-unsaturated/α-hetero) is 1. The summed E-state index contributed by atoms with van der Waals surface area (Å²) in [5.74, 6) is -0.0873. The van der Waals surface area contributed by atoms with Gasteiger partial charge in [0, 0.05) is 12.8 Å². The van der Waals surface area contributed by atoms with Crippen molar-refractivity contribution in [2.45, 2.75) is 19.3 Å². The Kier molecular flexibility index (Phi) is 5.82. The molecule has 0 fully saturated rings. The number of carbonyl (C=O) groups is 2. The lowest BCUT2D eigenvalue weighted by atomic mass is 10.0. The maximum Gasteiger partial charge on any atom is 0.303 e. The highest BCUT2D eigenvalue weighted by molar-refractivity contribution is 9.10. The van der Waals surface area contributed by atoms with E-state index in [0.29, 0.717) is 28.0 Å². The number of aliphatic carboxylic acids is 1. The van der Waals surface area contributed by atoms with Crippen molar-refractivity contribution in [3.05, 3.63) is 22.2 Å². The topological polar surface area (TPSA) is 72.8 Å². The van der Waals surface area contributed by atoms with Gasteiger partial charge < -0.3 is 14.6 Å². The number of hydrogen-bond donors (Lipinski definition) is 1. The van der Waals surface area contributed by atoms with Crippen LogP contribution in [0.4, 0.5) is 0 Å². The van der Waals surface area contributed by atoms with Crippen molar-refractivity contribution < 1.29 is 24.2 Å². The van der Waals surface area contributed by atoms with E-state index in [-0.39, 0.29) is 18.6 Å². The van der Waals surface area contributed by atoms with E-state index in [1.807, 2.05) is 0 Å². The van der Waals surface area contributed by atoms with Gasteiger partial charge >= 0.3 is 5.97 Å². The molecule has 0 unspecified atom stereocenters. The Morgan fingerprint density at radius 3 is 2.42 bits per heavy atom. The number of carbonyl (C=O) groups excluding carboxylic acids is 1. The van der Waals surface area contributed by atoms with Crippen LogP contribution in [0.25, 0.3) is 0 Å². The first-order valence-electron chi connectivity index (χ1n) is 5.66. The third-order valence-electron chi connectivity index (χ3n) is 2.58. The number of ether oxygens (including phenoxy) is 2. The molecule has 6 heteroatoms. The summed E-state index contributed by atoms with van der Waals surface area (Å²) in [5, 5.41) is 8.55. The van der Waals surface area contributed by atoms with Gasteiger partial charge in [-0.25, -0.2) is 0 Å². The molecule has 0 aliphatic heterocycles. The lowest BCUT2D eigenvalue weighted by molar-refractivity contribution is -0.137. The molecule has 0 atom stereocenters. The summed E-state index contributed by atoms with van der Waals surface area (Å²) >= 11 is 3.32. The summed E-state index contributed by atoms with van der Waals surface area (Å²) < 4.78 is 10.9. The Morgan fingerprint density at radius 1 is 1.21 bits per heavy atom. The molecule has 5 nitrogen and oxygen atoms in total. The number of carboxylic acids is 1. The molecule has 0 amide bonds. The third kappa shape index (κ3) is 3.96. The Labute approximate surface area is 119 Å². The summed E-state index contributed by atoms with van der Waals surface area (Å²) in [6, 6.07) is 3.28. The van der Waals surface area contributed by atoms with E-state index in [0.717, 1.165) is 0 Å². The monoisotopic (exact) mass is 330 g/mol. The van der Waals surface area contributed by atoms with E-state index in [1.165, 1.54) is 14.2 Å². The number of benzene rings is 1. The number of rotatable bonds is 7. The summed E-state index contributed by atoms with van der Waals surface area (Å²) in [6.07, 6.45) is 0.452. The van der Waals surface area contributed by atoms with Crippen molar-refractivity contribution in [3.63, 3.8) is 0 Å². The van der Waals surface area contributed by atoms with E-state index in [4.69, 9.17) is 14.6 Å². The average molecular weight is 331 g/mol. The fourth-order valence-electron chi connectivity index (χ4n) is 1.65. The van der Waals surface area contributed by atoms with Crippen LogP contribution in [-0.2, 0) is 4.79 Å². The van der Waals surface area contributed by atoms with Crippen LogP contribution >= 0.6 is 15.9 Å². The van der Waals surface area contributed by atoms with Crippen LogP contribution in [0.15, 0.2) is 16.6 Å². The first kappa shape index (κ1) is 15.5. The van der Waals surface area contributed by atoms with E-state index >= 15 is 0 Å². The van der Waals surface area contributed by atoms with Gasteiger partial charge in [0.1, 0.15) is 16.0 Å². The van der Waals surface area contributed by atoms with Crippen LogP contribution in [0.3, 0.4) is 0 Å². The highest BCUT2D eigenvalue weighted by atomic mass is 79.9. The zero-order valence-corrected chi connectivity index (χ0v) is 12.3. The molecule has 1 rings (SSSR count). The van der Waals surface area contributed by atoms with Gasteiger partial charge in [-0.1, -0.05) is 0 Å². The van der Waals surface area contributed by atoms with Crippen LogP contribution in [0, 0.1) is 0 Å². The maximum atomic E-state index is 12.0. The summed E-state index contributed by atoms with van der Waals surface area (Å²) in [4.78, 5) is 22.4. The zero-order chi connectivity index (χ0) is 14.4. The van der Waals surface area contributed by atoms with Gasteiger partial charge in [-0.2, -0.15) is 0 Å². The predicted octanol–water partition coefficient (Wildman–Crippen LogP) is 2.90. The van der Waals surface area contributed by atoms with Gasteiger partial charge in [0.25, 0.3) is 0 Å². The largest absolute Gasteiger partial charge is 0.495 e. The van der Waals surface area contributed by atoms with Gasteiger partial charge in [0.05, 0.1) is 19.8 Å². The fourth-order valence-corrected chi connectivity index (χ4v) is 2.32. The summed E-state index contributed by atoms with van der Waals surface area (Å²) in [6.45, 7) is 0. The summed E-state index contributed by atoms with van der Waals surface area (Å²) in [7, 11) is 2.99. The van der Waals surface area contributed by atoms with E-state index in [9.17, 15) is 9.59 Å². The molecule has 0 saturated carbocycles. The lowest BCUT2D eigenvalue weighted by Crippen LogP contribution is -2.05. The first-order chi connectivity index (χ1) is 9.01. The zero-order valence-electron chi connectivity index (χ0n) is 10.7. The van der Waals surface area contributed by atoms with Crippen molar-refractivity contribution in [2.24, 2.45) is 0 Å². The fraction of sp³-hybridized carbons (Fsp3) is 0.385. The second-order valence-electron chi connectivity index (χ2n) is 3.83. The predicted molar refractivity (Wildman–Crippen MR) is 73.1 cm³/mol. The smallest absolute Gasteiger partial charge is 0.303 e. The van der Waals surface area contributed by atoms with Gasteiger partial charge in [-0.15, -0.1) is 0 Å². The molecular weight excluding hydrogens is 316 g/mol. The van der Waals surface area contributed by atoms with Gasteiger partial charge in [0.15, 0.2) is 5.78 Å². The molecule has 0 radical (unpaired) electrons. The molecule has 0 saturated heterocycles. The number of carboxylic acid groups (broad SMARTS) is 1. The lowest BCUT2D eigenvalue weighted by Gasteiger charge is -2.12. The molecule has 19 heavy (non-hydrogen) atoms. The van der Waals surface area contributed by atoms with Crippen LogP contribution in [-0.4, -0.2) is 31.1 Å². The van der Waals surface area contributed by atoms with Gasteiger partial charge in [0.2, 0.25) is 0 Å². The normalized spacial score (nSPS) is 10.1. The SMILES string of the molecule is COc1ccc(C(=O)CCCC(=O)O)c(OC)c1Br. The molecule has 1 aromatic rings. The Morgan fingerprint density at radius 2 is 1.89 bits per heavy atom. The molecule has 0 bridgehead atoms. The second kappa shape index (κ2) is 7.13. The minimum atomic E-state index is -0.907. The minimum absolute atomic E-state index is 0.0224. The number of ketones is 1. The number of hydrogen-bond acceptors (Lipinski definition) is 4. The molecule has 0 aromatic heterocycles. The molecule has 0 aliphatic carbocycles. The van der Waals surface area contributed by atoms with Crippen LogP contribution in [0.1, 0.15) is 29.6 Å². The van der Waals surface area contributed by atoms with Gasteiger partial charge in [-0.3, -0.25) is 9.59 Å². The van der Waals surface area contributed by atoms with Gasteiger partial charge in [-0.05, 0) is 34.5 Å². The molecule has 1 aromatic carbocycles. The van der Waals surface area contributed by atoms with Crippen LogP contribution in [0.5, 0.6) is 11.5 Å². The molecule has 0 heterocycles. The third-order valence-corrected chi connectivity index (χ3v) is 3.33. The molecular formula is C13H15BrO5. The average Bonchev–Trinajstić information content (AvgIpc) is 2.37. The maximum absolute atomic E-state index is 12.0. The Balaban J connectivity index is 2.90. The van der Waals surface area contributed by atoms with Crippen LogP contribution in [0.2, 0.25) is 0 Å². The molecule has 1 N–H and O–H groups in total. The standard InChI is InChI=1S/C13H15BrO5/c1-18-10-7-6-8(13(19-2)12(10)14)9(15)4-3-5-11(16)17/h6-7H,3-5H2,1-2H3,(H,16,17). The van der Waals surface area contributed by atoms with Crippen molar-refractivity contribution in [1.82, 2.24) is 0 Å².